The van der Waals surface area contributed by atoms with Crippen molar-refractivity contribution in [2.75, 3.05) is 13.1 Å². The minimum atomic E-state index is 0.107. The molecule has 0 spiro atoms. The summed E-state index contributed by atoms with van der Waals surface area (Å²) in [5.41, 5.74) is 0. The maximum atomic E-state index is 11.2. The van der Waals surface area contributed by atoms with E-state index in [4.69, 9.17) is 0 Å². The Kier molecular flexibility index (Phi) is 2.88. The number of carbonyl (C=O) groups excluding carboxylic acids is 1. The first-order chi connectivity index (χ1) is 5.20. The second-order valence-electron chi connectivity index (χ2n) is 3.35. The molecule has 1 aliphatic rings. The van der Waals surface area contributed by atoms with Crippen LogP contribution in [0, 0.1) is 5.92 Å². The first kappa shape index (κ1) is 8.53. The lowest BCUT2D eigenvalue weighted by molar-refractivity contribution is -0.124. The summed E-state index contributed by atoms with van der Waals surface area (Å²) >= 11 is 0. The molecule has 1 saturated heterocycles. The summed E-state index contributed by atoms with van der Waals surface area (Å²) in [7, 11) is 0. The third kappa shape index (κ3) is 2.50. The average Bonchev–Trinajstić information content (AvgIpc) is 2.39. The van der Waals surface area contributed by atoms with Crippen LogP contribution in [0.25, 0.3) is 0 Å². The summed E-state index contributed by atoms with van der Waals surface area (Å²) < 4.78 is 0. The zero-order valence-corrected chi connectivity index (χ0v) is 7.18. The van der Waals surface area contributed by atoms with E-state index in [1.54, 1.807) is 0 Å². The summed E-state index contributed by atoms with van der Waals surface area (Å²) in [6.07, 6.45) is 1.07. The molecule has 2 N–H and O–H groups in total. The standard InChI is InChI=1S/C8H16N2O/c1-6(2)8(11)10-7-3-4-9-5-7/h6-7,9H,3-5H2,1-2H3,(H,10,11)/t7-/m0/s1. The van der Waals surface area contributed by atoms with Crippen LogP contribution in [0.2, 0.25) is 0 Å². The number of hydrogen-bond acceptors (Lipinski definition) is 2. The molecule has 1 rings (SSSR count). The van der Waals surface area contributed by atoms with Crippen molar-refractivity contribution in [1.29, 1.82) is 0 Å². The fourth-order valence-electron chi connectivity index (χ4n) is 1.15. The van der Waals surface area contributed by atoms with Gasteiger partial charge in [0.15, 0.2) is 0 Å². The third-order valence-corrected chi connectivity index (χ3v) is 1.93. The lowest BCUT2D eigenvalue weighted by atomic mass is 10.2. The molecule has 0 bridgehead atoms. The minimum Gasteiger partial charge on any atom is -0.352 e. The highest BCUT2D eigenvalue weighted by molar-refractivity contribution is 5.78. The van der Waals surface area contributed by atoms with Gasteiger partial charge in [0.05, 0.1) is 0 Å². The number of amides is 1. The molecular formula is C8H16N2O. The van der Waals surface area contributed by atoms with Crippen LogP contribution in [-0.4, -0.2) is 25.0 Å². The summed E-state index contributed by atoms with van der Waals surface area (Å²) in [5, 5.41) is 6.18. The highest BCUT2D eigenvalue weighted by Gasteiger charge is 2.17. The van der Waals surface area contributed by atoms with Crippen molar-refractivity contribution >= 4 is 5.91 Å². The maximum Gasteiger partial charge on any atom is 0.222 e. The Labute approximate surface area is 67.5 Å². The molecule has 1 aliphatic heterocycles. The zero-order valence-electron chi connectivity index (χ0n) is 7.18. The van der Waals surface area contributed by atoms with Gasteiger partial charge in [0.1, 0.15) is 0 Å². The molecule has 1 fully saturated rings. The largest absolute Gasteiger partial charge is 0.352 e. The van der Waals surface area contributed by atoms with Crippen molar-refractivity contribution in [2.45, 2.75) is 26.3 Å². The van der Waals surface area contributed by atoms with E-state index in [0.717, 1.165) is 19.5 Å². The van der Waals surface area contributed by atoms with Crippen molar-refractivity contribution in [3.05, 3.63) is 0 Å². The minimum absolute atomic E-state index is 0.107. The molecule has 0 aromatic carbocycles. The van der Waals surface area contributed by atoms with E-state index in [9.17, 15) is 4.79 Å². The molecule has 0 unspecified atom stereocenters. The Morgan fingerprint density at radius 1 is 1.64 bits per heavy atom. The molecule has 3 nitrogen and oxygen atoms in total. The Balaban J connectivity index is 2.24. The van der Waals surface area contributed by atoms with Gasteiger partial charge in [-0.05, 0) is 13.0 Å². The van der Waals surface area contributed by atoms with Crippen LogP contribution in [-0.2, 0) is 4.79 Å². The van der Waals surface area contributed by atoms with Crippen LogP contribution < -0.4 is 10.6 Å². The molecule has 1 amide bonds. The normalized spacial score (nSPS) is 24.1. The molecule has 0 saturated carbocycles. The monoisotopic (exact) mass is 156 g/mol. The second-order valence-corrected chi connectivity index (χ2v) is 3.35. The lowest BCUT2D eigenvalue weighted by Crippen LogP contribution is -2.38. The lowest BCUT2D eigenvalue weighted by Gasteiger charge is -2.12. The fraction of sp³-hybridized carbons (Fsp3) is 0.875. The van der Waals surface area contributed by atoms with E-state index in [0.29, 0.717) is 6.04 Å². The predicted molar refractivity (Wildman–Crippen MR) is 44.3 cm³/mol. The SMILES string of the molecule is CC(C)C(=O)N[C@H]1CCNC1. The van der Waals surface area contributed by atoms with Crippen LogP contribution in [0.15, 0.2) is 0 Å². The summed E-state index contributed by atoms with van der Waals surface area (Å²) in [4.78, 5) is 11.2. The van der Waals surface area contributed by atoms with Crippen LogP contribution >= 0.6 is 0 Å². The van der Waals surface area contributed by atoms with Gasteiger partial charge in [-0.15, -0.1) is 0 Å². The van der Waals surface area contributed by atoms with Gasteiger partial charge in [0.25, 0.3) is 0 Å². The molecule has 0 radical (unpaired) electrons. The Morgan fingerprint density at radius 2 is 2.36 bits per heavy atom. The van der Waals surface area contributed by atoms with Gasteiger partial charge in [-0.1, -0.05) is 13.8 Å². The molecule has 64 valence electrons. The van der Waals surface area contributed by atoms with Crippen LogP contribution in [0.3, 0.4) is 0 Å². The van der Waals surface area contributed by atoms with E-state index in [1.165, 1.54) is 0 Å². The van der Waals surface area contributed by atoms with Crippen molar-refractivity contribution in [2.24, 2.45) is 5.92 Å². The summed E-state index contributed by atoms with van der Waals surface area (Å²) in [6, 6.07) is 0.366. The third-order valence-electron chi connectivity index (χ3n) is 1.93. The fourth-order valence-corrected chi connectivity index (χ4v) is 1.15. The maximum absolute atomic E-state index is 11.2. The molecule has 0 aromatic rings. The molecular weight excluding hydrogens is 140 g/mol. The Hall–Kier alpha value is -0.570. The van der Waals surface area contributed by atoms with Crippen molar-refractivity contribution in [1.82, 2.24) is 10.6 Å². The van der Waals surface area contributed by atoms with Crippen molar-refractivity contribution in [3.63, 3.8) is 0 Å². The molecule has 0 aliphatic carbocycles. The second kappa shape index (κ2) is 3.72. The molecule has 1 atom stereocenters. The summed E-state index contributed by atoms with van der Waals surface area (Å²) in [6.45, 7) is 5.79. The number of carbonyl (C=O) groups is 1. The topological polar surface area (TPSA) is 41.1 Å². The van der Waals surface area contributed by atoms with Crippen molar-refractivity contribution < 1.29 is 4.79 Å². The first-order valence-corrected chi connectivity index (χ1v) is 4.21. The van der Waals surface area contributed by atoms with E-state index in [1.807, 2.05) is 13.8 Å². The van der Waals surface area contributed by atoms with Gasteiger partial charge in [0.2, 0.25) is 5.91 Å². The summed E-state index contributed by atoms with van der Waals surface area (Å²) in [5.74, 6) is 0.273. The van der Waals surface area contributed by atoms with E-state index in [2.05, 4.69) is 10.6 Å². The van der Waals surface area contributed by atoms with Crippen LogP contribution in [0.4, 0.5) is 0 Å². The smallest absolute Gasteiger partial charge is 0.222 e. The average molecular weight is 156 g/mol. The molecule has 0 aromatic heterocycles. The van der Waals surface area contributed by atoms with Crippen LogP contribution in [0.1, 0.15) is 20.3 Å². The van der Waals surface area contributed by atoms with Gasteiger partial charge in [0, 0.05) is 18.5 Å². The van der Waals surface area contributed by atoms with Gasteiger partial charge in [-0.2, -0.15) is 0 Å². The number of hydrogen-bond donors (Lipinski definition) is 2. The highest BCUT2D eigenvalue weighted by Crippen LogP contribution is 1.99. The first-order valence-electron chi connectivity index (χ1n) is 4.21. The van der Waals surface area contributed by atoms with Gasteiger partial charge >= 0.3 is 0 Å². The van der Waals surface area contributed by atoms with E-state index >= 15 is 0 Å². The number of rotatable bonds is 2. The van der Waals surface area contributed by atoms with Gasteiger partial charge < -0.3 is 10.6 Å². The molecule has 3 heteroatoms. The van der Waals surface area contributed by atoms with Gasteiger partial charge in [-0.25, -0.2) is 0 Å². The Morgan fingerprint density at radius 3 is 2.82 bits per heavy atom. The molecule has 1 heterocycles. The highest BCUT2D eigenvalue weighted by atomic mass is 16.1. The van der Waals surface area contributed by atoms with E-state index < -0.39 is 0 Å². The zero-order chi connectivity index (χ0) is 8.27. The quantitative estimate of drug-likeness (QED) is 0.596. The van der Waals surface area contributed by atoms with Gasteiger partial charge in [-0.3, -0.25) is 4.79 Å². The predicted octanol–water partition coefficient (Wildman–Crippen LogP) is 0.120. The van der Waals surface area contributed by atoms with E-state index in [-0.39, 0.29) is 11.8 Å². The number of nitrogens with one attached hydrogen (secondary N) is 2. The molecule has 11 heavy (non-hydrogen) atoms. The van der Waals surface area contributed by atoms with Crippen LogP contribution in [0.5, 0.6) is 0 Å². The van der Waals surface area contributed by atoms with Crippen molar-refractivity contribution in [3.8, 4) is 0 Å². The Bertz CT molecular complexity index is 139.